The molecule has 86 valence electrons. The number of fused-ring (bicyclic) bond motifs is 2. The summed E-state index contributed by atoms with van der Waals surface area (Å²) in [6, 6.07) is 5.13. The maximum atomic E-state index is 10.4. The van der Waals surface area contributed by atoms with Crippen LogP contribution in [0.25, 0.3) is 0 Å². The summed E-state index contributed by atoms with van der Waals surface area (Å²) < 4.78 is 0. The van der Waals surface area contributed by atoms with E-state index in [4.69, 9.17) is 0 Å². The van der Waals surface area contributed by atoms with E-state index in [1.807, 2.05) is 12.1 Å². The largest absolute Gasteiger partial charge is 0.388 e. The summed E-state index contributed by atoms with van der Waals surface area (Å²) in [5.74, 6) is 0.418. The number of rotatable bonds is 2. The van der Waals surface area contributed by atoms with Crippen molar-refractivity contribution < 1.29 is 5.11 Å². The lowest BCUT2D eigenvalue weighted by atomic mass is 9.85. The summed E-state index contributed by atoms with van der Waals surface area (Å²) in [5.41, 5.74) is 1.02. The predicted octanol–water partition coefficient (Wildman–Crippen LogP) is 1.65. The van der Waals surface area contributed by atoms with Crippen molar-refractivity contribution in [2.45, 2.75) is 43.9 Å². The van der Waals surface area contributed by atoms with Crippen molar-refractivity contribution in [1.29, 1.82) is 0 Å². The molecule has 1 aromatic rings. The molecule has 2 saturated heterocycles. The number of aliphatic hydroxyl groups excluding tert-OH is 1. The topological polar surface area (TPSA) is 45.2 Å². The van der Waals surface area contributed by atoms with Crippen molar-refractivity contribution in [3.63, 3.8) is 0 Å². The molecule has 2 N–H and O–H groups in total. The van der Waals surface area contributed by atoms with Gasteiger partial charge in [-0.25, -0.2) is 0 Å². The second-order valence-electron chi connectivity index (χ2n) is 5.09. The molecule has 0 saturated carbocycles. The third kappa shape index (κ3) is 1.85. The highest BCUT2D eigenvalue weighted by atomic mass is 16.3. The molecule has 2 aliphatic heterocycles. The third-order valence-corrected chi connectivity index (χ3v) is 4.00. The van der Waals surface area contributed by atoms with Gasteiger partial charge in [0, 0.05) is 24.5 Å². The molecular formula is C13H18N2O. The van der Waals surface area contributed by atoms with E-state index >= 15 is 0 Å². The number of hydrogen-bond acceptors (Lipinski definition) is 3. The first-order chi connectivity index (χ1) is 7.83. The molecule has 0 aromatic carbocycles. The van der Waals surface area contributed by atoms with Gasteiger partial charge in [0.2, 0.25) is 0 Å². The minimum Gasteiger partial charge on any atom is -0.388 e. The third-order valence-electron chi connectivity index (χ3n) is 4.00. The Kier molecular flexibility index (Phi) is 2.65. The molecule has 0 aliphatic carbocycles. The molecule has 0 spiro atoms. The molecule has 2 bridgehead atoms. The van der Waals surface area contributed by atoms with Gasteiger partial charge >= 0.3 is 0 Å². The molecule has 3 heteroatoms. The first-order valence-corrected chi connectivity index (χ1v) is 6.17. The van der Waals surface area contributed by atoms with Gasteiger partial charge < -0.3 is 10.4 Å². The van der Waals surface area contributed by atoms with Crippen LogP contribution in [-0.4, -0.2) is 22.2 Å². The van der Waals surface area contributed by atoms with Gasteiger partial charge in [-0.2, -0.15) is 0 Å². The number of piperidine rings is 1. The van der Waals surface area contributed by atoms with Crippen LogP contribution >= 0.6 is 0 Å². The van der Waals surface area contributed by atoms with Gasteiger partial charge in [-0.1, -0.05) is 0 Å². The van der Waals surface area contributed by atoms with Gasteiger partial charge in [0.15, 0.2) is 0 Å². The molecular weight excluding hydrogens is 200 g/mol. The Morgan fingerprint density at radius 3 is 2.44 bits per heavy atom. The summed E-state index contributed by atoms with van der Waals surface area (Å²) in [5, 5.41) is 14.0. The Hall–Kier alpha value is -0.930. The molecule has 3 nitrogen and oxygen atoms in total. The molecule has 0 radical (unpaired) electrons. The van der Waals surface area contributed by atoms with Crippen molar-refractivity contribution in [1.82, 2.24) is 10.3 Å². The predicted molar refractivity (Wildman–Crippen MR) is 61.9 cm³/mol. The lowest BCUT2D eigenvalue weighted by Gasteiger charge is -2.32. The van der Waals surface area contributed by atoms with Crippen LogP contribution in [0, 0.1) is 5.92 Å². The lowest BCUT2D eigenvalue weighted by molar-refractivity contribution is 0.0760. The zero-order valence-corrected chi connectivity index (χ0v) is 9.34. The van der Waals surface area contributed by atoms with Crippen LogP contribution in [0.3, 0.4) is 0 Å². The van der Waals surface area contributed by atoms with E-state index in [1.165, 1.54) is 12.8 Å². The molecule has 3 rings (SSSR count). The first-order valence-electron chi connectivity index (χ1n) is 6.17. The van der Waals surface area contributed by atoms with Gasteiger partial charge in [0.05, 0.1) is 6.10 Å². The average molecular weight is 218 g/mol. The Balaban J connectivity index is 1.73. The van der Waals surface area contributed by atoms with E-state index in [-0.39, 0.29) is 6.10 Å². The zero-order valence-electron chi connectivity index (χ0n) is 9.34. The maximum absolute atomic E-state index is 10.4. The molecule has 4 atom stereocenters. The van der Waals surface area contributed by atoms with Crippen LogP contribution < -0.4 is 5.32 Å². The number of pyridine rings is 1. The van der Waals surface area contributed by atoms with E-state index in [1.54, 1.807) is 12.4 Å². The fourth-order valence-corrected chi connectivity index (χ4v) is 3.19. The van der Waals surface area contributed by atoms with E-state index in [9.17, 15) is 5.11 Å². The average Bonchev–Trinajstić information content (AvgIpc) is 2.68. The Bertz CT molecular complexity index is 342. The van der Waals surface area contributed by atoms with Gasteiger partial charge in [0.1, 0.15) is 0 Å². The summed E-state index contributed by atoms with van der Waals surface area (Å²) in [6.07, 6.45) is 7.99. The fourth-order valence-electron chi connectivity index (χ4n) is 3.19. The number of nitrogens with zero attached hydrogens (tertiary/aromatic N) is 1. The van der Waals surface area contributed by atoms with Crippen LogP contribution in [0.1, 0.15) is 37.4 Å². The maximum Gasteiger partial charge on any atom is 0.0820 e. The standard InChI is InChI=1S/C13H18N2O/c16-13(9-3-5-14-6-4-9)10-7-11-1-2-12(8-10)15-11/h3-6,10-13,15-16H,1-2,7-8H2/t10?,11-,12+,13-/m1/s1. The van der Waals surface area contributed by atoms with Crippen molar-refractivity contribution in [3.05, 3.63) is 30.1 Å². The summed E-state index contributed by atoms with van der Waals surface area (Å²) >= 11 is 0. The quantitative estimate of drug-likeness (QED) is 0.793. The highest BCUT2D eigenvalue weighted by molar-refractivity contribution is 5.15. The fraction of sp³-hybridized carbons (Fsp3) is 0.615. The molecule has 1 aromatic heterocycles. The zero-order chi connectivity index (χ0) is 11.0. The summed E-state index contributed by atoms with van der Waals surface area (Å²) in [4.78, 5) is 3.99. The first kappa shape index (κ1) is 10.2. The second kappa shape index (κ2) is 4.15. The van der Waals surface area contributed by atoms with Crippen LogP contribution in [0.2, 0.25) is 0 Å². The van der Waals surface area contributed by atoms with Crippen LogP contribution in [0.5, 0.6) is 0 Å². The van der Waals surface area contributed by atoms with Gasteiger partial charge in [-0.15, -0.1) is 0 Å². The van der Waals surface area contributed by atoms with Crippen molar-refractivity contribution in [3.8, 4) is 0 Å². The van der Waals surface area contributed by atoms with Gasteiger partial charge in [-0.3, -0.25) is 4.98 Å². The van der Waals surface area contributed by atoms with E-state index in [0.717, 1.165) is 18.4 Å². The molecule has 3 heterocycles. The number of hydrogen-bond donors (Lipinski definition) is 2. The molecule has 16 heavy (non-hydrogen) atoms. The van der Waals surface area contributed by atoms with E-state index in [0.29, 0.717) is 18.0 Å². The van der Waals surface area contributed by atoms with Crippen LogP contribution in [0.4, 0.5) is 0 Å². The van der Waals surface area contributed by atoms with Crippen molar-refractivity contribution in [2.24, 2.45) is 5.92 Å². The monoisotopic (exact) mass is 218 g/mol. The van der Waals surface area contributed by atoms with Gasteiger partial charge in [-0.05, 0) is 49.3 Å². The van der Waals surface area contributed by atoms with E-state index in [2.05, 4.69) is 10.3 Å². The van der Waals surface area contributed by atoms with Gasteiger partial charge in [0.25, 0.3) is 0 Å². The van der Waals surface area contributed by atoms with Crippen molar-refractivity contribution >= 4 is 0 Å². The van der Waals surface area contributed by atoms with Crippen LogP contribution in [-0.2, 0) is 0 Å². The number of aliphatic hydroxyl groups is 1. The van der Waals surface area contributed by atoms with Crippen molar-refractivity contribution in [2.75, 3.05) is 0 Å². The number of aromatic nitrogens is 1. The smallest absolute Gasteiger partial charge is 0.0820 e. The normalized spacial score (nSPS) is 34.9. The molecule has 0 amide bonds. The highest BCUT2D eigenvalue weighted by Gasteiger charge is 2.36. The Morgan fingerprint density at radius 2 is 1.81 bits per heavy atom. The molecule has 2 fully saturated rings. The minimum absolute atomic E-state index is 0.312. The lowest BCUT2D eigenvalue weighted by Crippen LogP contribution is -2.39. The highest BCUT2D eigenvalue weighted by Crippen LogP contribution is 2.37. The SMILES string of the molecule is O[C@H](c1ccncc1)C1C[C@H]2CC[C@@H](C1)N2. The summed E-state index contributed by atoms with van der Waals surface area (Å²) in [7, 11) is 0. The summed E-state index contributed by atoms with van der Waals surface area (Å²) in [6.45, 7) is 0. The Morgan fingerprint density at radius 1 is 1.19 bits per heavy atom. The Labute approximate surface area is 95.9 Å². The second-order valence-corrected chi connectivity index (χ2v) is 5.09. The number of nitrogens with one attached hydrogen (secondary N) is 1. The molecule has 1 unspecified atom stereocenters. The van der Waals surface area contributed by atoms with E-state index < -0.39 is 0 Å². The molecule has 2 aliphatic rings. The van der Waals surface area contributed by atoms with Crippen LogP contribution in [0.15, 0.2) is 24.5 Å². The minimum atomic E-state index is -0.312.